The molecule has 2 aromatic heterocycles. The Kier molecular flexibility index (Phi) is 4.64. The van der Waals surface area contributed by atoms with Crippen molar-refractivity contribution < 1.29 is 24.8 Å². The molecule has 0 spiro atoms. The summed E-state index contributed by atoms with van der Waals surface area (Å²) in [6.45, 7) is 0.143. The van der Waals surface area contributed by atoms with Gasteiger partial charge in [0.25, 0.3) is 0 Å². The van der Waals surface area contributed by atoms with E-state index in [1.807, 2.05) is 6.07 Å². The van der Waals surface area contributed by atoms with Crippen molar-refractivity contribution in [2.24, 2.45) is 0 Å². The van der Waals surface area contributed by atoms with Crippen LogP contribution in [-0.4, -0.2) is 73.1 Å². The fraction of sp³-hybridized carbons (Fsp3) is 0.500. The van der Waals surface area contributed by atoms with E-state index in [2.05, 4.69) is 15.3 Å². The van der Waals surface area contributed by atoms with E-state index in [0.717, 1.165) is 0 Å². The highest BCUT2D eigenvalue weighted by Gasteiger charge is 2.44. The van der Waals surface area contributed by atoms with E-state index >= 15 is 0 Å². The predicted molar refractivity (Wildman–Crippen MR) is 76.9 cm³/mol. The fourth-order valence-corrected chi connectivity index (χ4v) is 2.47. The van der Waals surface area contributed by atoms with Gasteiger partial charge in [0.05, 0.1) is 18.4 Å². The highest BCUT2D eigenvalue weighted by molar-refractivity contribution is 5.51. The summed E-state index contributed by atoms with van der Waals surface area (Å²) in [6, 6.07) is 5.45. The Bertz CT molecular complexity index is 635. The van der Waals surface area contributed by atoms with Gasteiger partial charge in [0.1, 0.15) is 30.1 Å². The molecule has 3 rings (SSSR count). The van der Waals surface area contributed by atoms with E-state index in [4.69, 9.17) is 9.47 Å². The molecule has 1 saturated heterocycles. The fourth-order valence-electron chi connectivity index (χ4n) is 2.47. The molecular formula is C14H18N4O5. The van der Waals surface area contributed by atoms with Gasteiger partial charge in [0, 0.05) is 13.3 Å². The average molecular weight is 322 g/mol. The minimum Gasteiger partial charge on any atom is -0.388 e. The molecule has 2 aromatic rings. The zero-order valence-electron chi connectivity index (χ0n) is 12.4. The molecular weight excluding hydrogens is 304 g/mol. The number of pyridine rings is 1. The molecule has 23 heavy (non-hydrogen) atoms. The van der Waals surface area contributed by atoms with Gasteiger partial charge >= 0.3 is 0 Å². The number of rotatable bonds is 4. The molecule has 9 heteroatoms. The molecule has 3 N–H and O–H groups in total. The number of aliphatic hydroxyl groups excluding tert-OH is 3. The number of methoxy groups -OCH3 is 1. The minimum absolute atomic E-state index is 0.143. The van der Waals surface area contributed by atoms with Crippen LogP contribution in [0.5, 0.6) is 0 Å². The van der Waals surface area contributed by atoms with E-state index in [1.54, 1.807) is 24.5 Å². The first kappa shape index (κ1) is 16.0. The third-order valence-electron chi connectivity index (χ3n) is 3.73. The summed E-state index contributed by atoms with van der Waals surface area (Å²) in [4.78, 5) is 4.18. The number of aliphatic hydroxyl groups is 3. The summed E-state index contributed by atoms with van der Waals surface area (Å²) >= 11 is 0. The van der Waals surface area contributed by atoms with Crippen molar-refractivity contribution in [3.05, 3.63) is 30.6 Å². The minimum atomic E-state index is -1.36. The molecule has 0 saturated carbocycles. The van der Waals surface area contributed by atoms with Crippen molar-refractivity contribution in [2.75, 3.05) is 7.11 Å². The quantitative estimate of drug-likeness (QED) is 0.641. The van der Waals surface area contributed by atoms with Gasteiger partial charge in [-0.15, -0.1) is 5.10 Å². The summed E-state index contributed by atoms with van der Waals surface area (Å²) in [6.07, 6.45) is -2.43. The summed E-state index contributed by atoms with van der Waals surface area (Å²) in [5.74, 6) is 0. The molecule has 0 bridgehead atoms. The first-order chi connectivity index (χ1) is 11.1. The Hall–Kier alpha value is -1.91. The molecule has 0 radical (unpaired) electrons. The van der Waals surface area contributed by atoms with E-state index in [0.29, 0.717) is 11.4 Å². The van der Waals surface area contributed by atoms with Gasteiger partial charge in [-0.25, -0.2) is 4.68 Å². The van der Waals surface area contributed by atoms with Gasteiger partial charge in [0.15, 0.2) is 6.29 Å². The van der Waals surface area contributed by atoms with E-state index in [-0.39, 0.29) is 6.54 Å². The Labute approximate surface area is 132 Å². The first-order valence-electron chi connectivity index (χ1n) is 7.14. The lowest BCUT2D eigenvalue weighted by Gasteiger charge is -2.39. The second kappa shape index (κ2) is 6.69. The van der Waals surface area contributed by atoms with Gasteiger partial charge in [-0.05, 0) is 12.1 Å². The normalized spacial score (nSPS) is 31.2. The van der Waals surface area contributed by atoms with Gasteiger partial charge in [-0.3, -0.25) is 4.98 Å². The molecule has 1 fully saturated rings. The van der Waals surface area contributed by atoms with Crippen molar-refractivity contribution in [1.82, 2.24) is 20.0 Å². The van der Waals surface area contributed by atoms with Gasteiger partial charge in [-0.1, -0.05) is 11.3 Å². The van der Waals surface area contributed by atoms with Crippen LogP contribution in [0.3, 0.4) is 0 Å². The lowest BCUT2D eigenvalue weighted by atomic mass is 9.99. The van der Waals surface area contributed by atoms with Crippen LogP contribution in [0, 0.1) is 0 Å². The van der Waals surface area contributed by atoms with Crippen LogP contribution in [0.4, 0.5) is 0 Å². The molecule has 0 unspecified atom stereocenters. The molecule has 124 valence electrons. The maximum absolute atomic E-state index is 10.0. The van der Waals surface area contributed by atoms with Crippen LogP contribution in [0.15, 0.2) is 30.6 Å². The summed E-state index contributed by atoms with van der Waals surface area (Å²) < 4.78 is 11.9. The molecule has 5 atom stereocenters. The van der Waals surface area contributed by atoms with Crippen LogP contribution < -0.4 is 0 Å². The number of nitrogens with zero attached hydrogens (tertiary/aromatic N) is 4. The van der Waals surface area contributed by atoms with E-state index in [1.165, 1.54) is 11.8 Å². The predicted octanol–water partition coefficient (Wildman–Crippen LogP) is -1.21. The van der Waals surface area contributed by atoms with Crippen molar-refractivity contribution in [1.29, 1.82) is 0 Å². The highest BCUT2D eigenvalue weighted by Crippen LogP contribution is 2.23. The zero-order valence-corrected chi connectivity index (χ0v) is 12.4. The standard InChI is InChI=1S/C14H18N4O5/c1-22-14-13(21)12(20)11(19)10(23-14)7-18-6-9(16-17-18)8-4-2-3-5-15-8/h2-6,10-14,19-21H,7H2,1H3/t10-,11-,12+,13+,14+/m1/s1. The number of hydrogen-bond donors (Lipinski definition) is 3. The van der Waals surface area contributed by atoms with Gasteiger partial charge in [-0.2, -0.15) is 0 Å². The Morgan fingerprint density at radius 3 is 2.70 bits per heavy atom. The zero-order chi connectivity index (χ0) is 16.4. The third kappa shape index (κ3) is 3.23. The first-order valence-corrected chi connectivity index (χ1v) is 7.14. The van der Waals surface area contributed by atoms with Gasteiger partial charge < -0.3 is 24.8 Å². The van der Waals surface area contributed by atoms with Gasteiger partial charge in [0.2, 0.25) is 0 Å². The molecule has 1 aliphatic rings. The molecule has 0 aliphatic carbocycles. The Morgan fingerprint density at radius 1 is 1.17 bits per heavy atom. The third-order valence-corrected chi connectivity index (χ3v) is 3.73. The lowest BCUT2D eigenvalue weighted by Crippen LogP contribution is -2.58. The average Bonchev–Trinajstić information content (AvgIpc) is 3.05. The Balaban J connectivity index is 1.73. The van der Waals surface area contributed by atoms with Crippen molar-refractivity contribution in [2.45, 2.75) is 37.3 Å². The Morgan fingerprint density at radius 2 is 2.00 bits per heavy atom. The van der Waals surface area contributed by atoms with Crippen molar-refractivity contribution >= 4 is 0 Å². The van der Waals surface area contributed by atoms with Crippen LogP contribution >= 0.6 is 0 Å². The largest absolute Gasteiger partial charge is 0.388 e. The van der Waals surface area contributed by atoms with Crippen LogP contribution in [0.2, 0.25) is 0 Å². The van der Waals surface area contributed by atoms with Crippen molar-refractivity contribution in [3.8, 4) is 11.4 Å². The van der Waals surface area contributed by atoms with Crippen molar-refractivity contribution in [3.63, 3.8) is 0 Å². The number of hydrogen-bond acceptors (Lipinski definition) is 8. The van der Waals surface area contributed by atoms with Crippen LogP contribution in [0.25, 0.3) is 11.4 Å². The molecule has 0 aromatic carbocycles. The second-order valence-electron chi connectivity index (χ2n) is 5.29. The topological polar surface area (TPSA) is 123 Å². The smallest absolute Gasteiger partial charge is 0.186 e. The van der Waals surface area contributed by atoms with E-state index in [9.17, 15) is 15.3 Å². The van der Waals surface area contributed by atoms with Crippen LogP contribution in [0.1, 0.15) is 0 Å². The molecule has 1 aliphatic heterocycles. The molecule has 0 amide bonds. The summed E-state index contributed by atoms with van der Waals surface area (Å²) in [5.41, 5.74) is 1.26. The summed E-state index contributed by atoms with van der Waals surface area (Å²) in [5, 5.41) is 37.6. The molecule has 3 heterocycles. The SMILES string of the molecule is CO[C@H]1O[C@H](Cn2cc(-c3ccccn3)nn2)[C@@H](O)[C@H](O)[C@@H]1O. The summed E-state index contributed by atoms with van der Waals surface area (Å²) in [7, 11) is 1.35. The van der Waals surface area contributed by atoms with E-state index < -0.39 is 30.7 Å². The maximum Gasteiger partial charge on any atom is 0.186 e. The maximum atomic E-state index is 10.0. The molecule has 9 nitrogen and oxygen atoms in total. The lowest BCUT2D eigenvalue weighted by molar-refractivity contribution is -0.292. The monoisotopic (exact) mass is 322 g/mol. The van der Waals surface area contributed by atoms with Crippen LogP contribution in [-0.2, 0) is 16.0 Å². The highest BCUT2D eigenvalue weighted by atomic mass is 16.7. The number of aromatic nitrogens is 4. The number of ether oxygens (including phenoxy) is 2. The second-order valence-corrected chi connectivity index (χ2v) is 5.29.